The molecule has 0 saturated heterocycles. The predicted molar refractivity (Wildman–Crippen MR) is 201 cm³/mol. The number of aromatic nitrogens is 2. The van der Waals surface area contributed by atoms with Crippen molar-refractivity contribution < 1.29 is 107 Å². The number of aromatic carboxylic acids is 1. The number of hydrogen-bond donors (Lipinski definition) is 1. The van der Waals surface area contributed by atoms with Crippen molar-refractivity contribution >= 4 is 39.7 Å². The van der Waals surface area contributed by atoms with E-state index in [2.05, 4.69) is 4.98 Å². The molecule has 0 aliphatic carbocycles. The fourth-order valence-electron chi connectivity index (χ4n) is 7.45. The SMILES string of the molecule is Fc1c(F)c(F)c([B-](c2c(F)c(F)c(F)c(F)c2F)(c2c(F)c(F)c(F)c(F)c2F)c2c(F)c(F)c(F)c(F)c2F)c(F)c1F.O=C(O)c1cccc(Cc2c[n+](CC(=O)c3ccccc3)ccn2)c1. The topological polar surface area (TPSA) is 71.1 Å². The van der Waals surface area contributed by atoms with Crippen LogP contribution >= 0.6 is 0 Å². The second kappa shape index (κ2) is 19.7. The summed E-state index contributed by atoms with van der Waals surface area (Å²) in [4.78, 5) is 27.7. The Morgan fingerprint density at radius 1 is 0.443 bits per heavy atom. The van der Waals surface area contributed by atoms with Gasteiger partial charge in [0.2, 0.25) is 12.3 Å². The third kappa shape index (κ3) is 8.65. The van der Waals surface area contributed by atoms with Crippen molar-refractivity contribution in [2.45, 2.75) is 13.0 Å². The molecule has 1 heterocycles. The monoisotopic (exact) mass is 1010 g/mol. The first kappa shape index (κ1) is 51.6. The maximum atomic E-state index is 15.4. The van der Waals surface area contributed by atoms with E-state index in [0.29, 0.717) is 12.0 Å². The van der Waals surface area contributed by atoms with Crippen LogP contribution in [0.25, 0.3) is 0 Å². The number of halogens is 20. The molecular formula is C44H17BF20N2O3. The van der Waals surface area contributed by atoms with Crippen LogP contribution in [0.1, 0.15) is 32.0 Å². The Morgan fingerprint density at radius 3 is 1.11 bits per heavy atom. The molecule has 1 aromatic heterocycles. The molecule has 0 radical (unpaired) electrons. The number of carbonyl (C=O) groups is 2. The summed E-state index contributed by atoms with van der Waals surface area (Å²) in [6.07, 6.45) is -1.51. The van der Waals surface area contributed by atoms with Gasteiger partial charge in [0.15, 0.2) is 82.2 Å². The molecule has 0 spiro atoms. The molecule has 7 aromatic rings. The van der Waals surface area contributed by atoms with Gasteiger partial charge in [-0.15, -0.1) is 21.9 Å². The summed E-state index contributed by atoms with van der Waals surface area (Å²) in [6, 6.07) is 15.9. The molecule has 0 fully saturated rings. The molecule has 5 nitrogen and oxygen atoms in total. The molecule has 0 amide bonds. The van der Waals surface area contributed by atoms with Crippen LogP contribution in [0.15, 0.2) is 73.2 Å². The summed E-state index contributed by atoms with van der Waals surface area (Å²) in [7, 11) is 0. The number of hydrogen-bond acceptors (Lipinski definition) is 3. The largest absolute Gasteiger partial charge is 0.478 e. The lowest BCUT2D eigenvalue weighted by molar-refractivity contribution is -0.684. The summed E-state index contributed by atoms with van der Waals surface area (Å²) in [5.41, 5.74) is -11.8. The highest BCUT2D eigenvalue weighted by atomic mass is 19.2. The van der Waals surface area contributed by atoms with Crippen LogP contribution in [0, 0.1) is 116 Å². The van der Waals surface area contributed by atoms with Crippen molar-refractivity contribution in [2.24, 2.45) is 0 Å². The van der Waals surface area contributed by atoms with Gasteiger partial charge in [-0.25, -0.2) is 97.6 Å². The standard InChI is InChI=1S/C24BF20.C20H16N2O3/c26-5-1(6(27)14(35)21(42)13(5)34)25(2-7(28)15(36)22(43)16(37)8(2)29,3-9(30)17(38)23(44)18(39)10(3)31)4-11(32)19(40)24(45)20(41)12(4)33;23-19(16-6-2-1-3-7-16)14-22-10-9-21-18(13-22)12-15-5-4-8-17(11-15)20(24)25/h;1-11,13H,12,14H2/q-1;/p+1. The van der Waals surface area contributed by atoms with Crippen molar-refractivity contribution in [3.8, 4) is 0 Å². The second-order valence-corrected chi connectivity index (χ2v) is 14.5. The molecule has 0 bridgehead atoms. The molecule has 7 rings (SSSR count). The van der Waals surface area contributed by atoms with E-state index in [1.807, 2.05) is 30.5 Å². The number of rotatable bonds is 10. The van der Waals surface area contributed by atoms with Gasteiger partial charge >= 0.3 is 5.97 Å². The maximum Gasteiger partial charge on any atom is 0.335 e. The Kier molecular flexibility index (Phi) is 14.5. The molecule has 1 N–H and O–H groups in total. The van der Waals surface area contributed by atoms with Gasteiger partial charge in [0.05, 0.1) is 11.8 Å². The lowest BCUT2D eigenvalue weighted by Crippen LogP contribution is -2.81. The van der Waals surface area contributed by atoms with E-state index >= 15 is 35.1 Å². The van der Waals surface area contributed by atoms with Crippen LogP contribution in [-0.2, 0) is 13.0 Å². The van der Waals surface area contributed by atoms with Gasteiger partial charge in [0.1, 0.15) is 58.4 Å². The van der Waals surface area contributed by atoms with Crippen molar-refractivity contribution in [2.75, 3.05) is 0 Å². The number of carboxylic acid groups (broad SMARTS) is 1. The number of carboxylic acids is 1. The van der Waals surface area contributed by atoms with E-state index in [1.54, 1.807) is 47.3 Å². The smallest absolute Gasteiger partial charge is 0.335 e. The minimum absolute atomic E-state index is 0.0237. The number of ketones is 1. The average Bonchev–Trinajstić information content (AvgIpc) is 3.34. The zero-order chi connectivity index (χ0) is 52.0. The van der Waals surface area contributed by atoms with Crippen molar-refractivity contribution in [1.82, 2.24) is 4.98 Å². The van der Waals surface area contributed by atoms with E-state index in [9.17, 15) is 62.3 Å². The van der Waals surface area contributed by atoms with Gasteiger partial charge in [0.25, 0.3) is 0 Å². The van der Waals surface area contributed by atoms with Crippen LogP contribution in [0.4, 0.5) is 87.8 Å². The van der Waals surface area contributed by atoms with Gasteiger partial charge in [0, 0.05) is 12.0 Å². The van der Waals surface area contributed by atoms with Crippen LogP contribution < -0.4 is 26.4 Å². The van der Waals surface area contributed by atoms with Crippen molar-refractivity contribution in [3.63, 3.8) is 0 Å². The highest BCUT2D eigenvalue weighted by molar-refractivity contribution is 7.20. The van der Waals surface area contributed by atoms with E-state index < -0.39 is 150 Å². The Bertz CT molecular complexity index is 2900. The van der Waals surface area contributed by atoms with E-state index in [-0.39, 0.29) is 17.9 Å². The predicted octanol–water partition coefficient (Wildman–Crippen LogP) is 8.39. The molecule has 6 aromatic carbocycles. The molecular weight excluding hydrogens is 995 g/mol. The first-order valence-corrected chi connectivity index (χ1v) is 18.8. The van der Waals surface area contributed by atoms with Gasteiger partial charge in [-0.1, -0.05) is 42.5 Å². The minimum Gasteiger partial charge on any atom is -0.478 e. The summed E-state index contributed by atoms with van der Waals surface area (Å²) in [5.74, 6) is -72.3. The first-order valence-electron chi connectivity index (χ1n) is 18.8. The quantitative estimate of drug-likeness (QED) is 0.0374. The summed E-state index contributed by atoms with van der Waals surface area (Å²) in [5, 5.41) is 9.07. The van der Waals surface area contributed by atoms with E-state index in [0.717, 1.165) is 11.3 Å². The Hall–Kier alpha value is -7.80. The second-order valence-electron chi connectivity index (χ2n) is 14.5. The summed E-state index contributed by atoms with van der Waals surface area (Å²) >= 11 is 0. The maximum absolute atomic E-state index is 15.4. The van der Waals surface area contributed by atoms with Crippen LogP contribution in [0.2, 0.25) is 0 Å². The summed E-state index contributed by atoms with van der Waals surface area (Å²) < 4.78 is 296. The van der Waals surface area contributed by atoms with Crippen molar-refractivity contribution in [1.29, 1.82) is 0 Å². The van der Waals surface area contributed by atoms with Crippen LogP contribution in [-0.4, -0.2) is 28.0 Å². The Balaban J connectivity index is 0.000000270. The molecule has 0 saturated carbocycles. The van der Waals surface area contributed by atoms with Gasteiger partial charge in [-0.3, -0.25) is 4.79 Å². The molecule has 0 atom stereocenters. The zero-order valence-electron chi connectivity index (χ0n) is 33.6. The highest BCUT2D eigenvalue weighted by Crippen LogP contribution is 2.31. The van der Waals surface area contributed by atoms with Gasteiger partial charge in [-0.2, -0.15) is 4.57 Å². The first-order chi connectivity index (χ1) is 32.8. The molecule has 364 valence electrons. The molecule has 26 heteroatoms. The van der Waals surface area contributed by atoms with E-state index in [1.165, 1.54) is 0 Å². The van der Waals surface area contributed by atoms with E-state index in [4.69, 9.17) is 5.11 Å². The molecule has 0 aliphatic heterocycles. The van der Waals surface area contributed by atoms with Crippen LogP contribution in [0.3, 0.4) is 0 Å². The fraction of sp³-hybridized carbons (Fsp3) is 0.0455. The zero-order valence-corrected chi connectivity index (χ0v) is 33.6. The normalized spacial score (nSPS) is 11.4. The van der Waals surface area contributed by atoms with Crippen LogP contribution in [0.5, 0.6) is 0 Å². The number of Topliss-reactive ketones (excluding diaryl/α,β-unsaturated/α-hetero) is 1. The Morgan fingerprint density at radius 2 is 0.771 bits per heavy atom. The lowest BCUT2D eigenvalue weighted by atomic mass is 9.12. The van der Waals surface area contributed by atoms with Gasteiger partial charge < -0.3 is 5.11 Å². The number of nitrogens with zero attached hydrogens (tertiary/aromatic N) is 2. The Labute approximate surface area is 376 Å². The fourth-order valence-corrected chi connectivity index (χ4v) is 7.45. The van der Waals surface area contributed by atoms with Crippen molar-refractivity contribution in [3.05, 3.63) is 212 Å². The molecule has 0 unspecified atom stereocenters. The summed E-state index contributed by atoms with van der Waals surface area (Å²) in [6.45, 7) is 0.231. The number of carbonyl (C=O) groups excluding carboxylic acids is 1. The minimum atomic E-state index is -7.22. The van der Waals surface area contributed by atoms with Gasteiger partial charge in [-0.05, 0) is 17.7 Å². The molecule has 0 aliphatic rings. The third-order valence-corrected chi connectivity index (χ3v) is 10.5. The third-order valence-electron chi connectivity index (χ3n) is 10.5. The number of benzene rings is 6. The average molecular weight is 1010 g/mol. The highest BCUT2D eigenvalue weighted by Gasteiger charge is 2.52. The molecule has 70 heavy (non-hydrogen) atoms. The lowest BCUT2D eigenvalue weighted by Gasteiger charge is -2.44.